The summed E-state index contributed by atoms with van der Waals surface area (Å²) in [6, 6.07) is 0.326. The molecule has 8 heteroatoms. The van der Waals surface area contributed by atoms with E-state index in [4.69, 9.17) is 4.74 Å². The molecule has 0 aromatic rings. The molecule has 0 radical (unpaired) electrons. The van der Waals surface area contributed by atoms with Crippen molar-refractivity contribution in [2.24, 2.45) is 4.99 Å². The number of rotatable bonds is 7. The second-order valence-corrected chi connectivity index (χ2v) is 9.23. The van der Waals surface area contributed by atoms with Crippen molar-refractivity contribution in [3.63, 3.8) is 0 Å². The molecule has 0 aliphatic heterocycles. The van der Waals surface area contributed by atoms with E-state index in [1.165, 1.54) is 0 Å². The highest BCUT2D eigenvalue weighted by atomic mass is 127. The minimum Gasteiger partial charge on any atom is -0.444 e. The van der Waals surface area contributed by atoms with Crippen LogP contribution in [0.25, 0.3) is 0 Å². The van der Waals surface area contributed by atoms with Crippen LogP contribution in [0.3, 0.4) is 0 Å². The van der Waals surface area contributed by atoms with Gasteiger partial charge in [0, 0.05) is 37.5 Å². The molecule has 0 unspecified atom stereocenters. The van der Waals surface area contributed by atoms with Gasteiger partial charge in [0.15, 0.2) is 5.96 Å². The minimum absolute atomic E-state index is 0. The number of carbonyl (C=O) groups excluding carboxylic acids is 1. The van der Waals surface area contributed by atoms with E-state index in [0.717, 1.165) is 25.3 Å². The van der Waals surface area contributed by atoms with Gasteiger partial charge in [-0.1, -0.05) is 0 Å². The van der Waals surface area contributed by atoms with Gasteiger partial charge < -0.3 is 20.3 Å². The Balaban J connectivity index is 0.00000576. The highest BCUT2D eigenvalue weighted by Gasteiger charge is 2.34. The second kappa shape index (κ2) is 10.7. The Morgan fingerprint density at radius 1 is 1.24 bits per heavy atom. The van der Waals surface area contributed by atoms with E-state index in [0.29, 0.717) is 19.1 Å². The molecule has 0 atom stereocenters. The van der Waals surface area contributed by atoms with Crippen LogP contribution in [0.2, 0.25) is 0 Å². The summed E-state index contributed by atoms with van der Waals surface area (Å²) in [6.07, 6.45) is 4.01. The van der Waals surface area contributed by atoms with Gasteiger partial charge in [0.1, 0.15) is 5.60 Å². The number of amides is 1. The Hall–Kier alpha value is -0.380. The lowest BCUT2D eigenvalue weighted by molar-refractivity contribution is 0.0238. The summed E-state index contributed by atoms with van der Waals surface area (Å²) < 4.78 is 5.65. The molecule has 0 aromatic heterocycles. The summed E-state index contributed by atoms with van der Waals surface area (Å²) in [7, 11) is 1.76. The zero-order valence-corrected chi connectivity index (χ0v) is 19.8. The minimum atomic E-state index is -0.460. The zero-order chi connectivity index (χ0) is 18.4. The topological polar surface area (TPSA) is 66.0 Å². The van der Waals surface area contributed by atoms with Crippen molar-refractivity contribution >= 4 is 47.8 Å². The summed E-state index contributed by atoms with van der Waals surface area (Å²) >= 11 is 1.81. The number of aliphatic imine (C=N–C) groups is 1. The van der Waals surface area contributed by atoms with Gasteiger partial charge in [0.05, 0.1) is 0 Å². The summed E-state index contributed by atoms with van der Waals surface area (Å²) in [6.45, 7) is 12.2. The fraction of sp³-hybridized carbons (Fsp3) is 0.882. The van der Waals surface area contributed by atoms with Gasteiger partial charge in [-0.25, -0.2) is 4.79 Å². The third-order valence-electron chi connectivity index (χ3n) is 3.72. The first-order chi connectivity index (χ1) is 11.1. The van der Waals surface area contributed by atoms with Crippen molar-refractivity contribution in [2.75, 3.05) is 32.9 Å². The van der Waals surface area contributed by atoms with Crippen LogP contribution >= 0.6 is 35.7 Å². The van der Waals surface area contributed by atoms with Crippen molar-refractivity contribution in [3.8, 4) is 0 Å². The summed E-state index contributed by atoms with van der Waals surface area (Å²) in [4.78, 5) is 18.4. The maximum absolute atomic E-state index is 12.3. The molecule has 1 aliphatic rings. The third-order valence-corrected chi connectivity index (χ3v) is 4.97. The molecule has 0 heterocycles. The van der Waals surface area contributed by atoms with Crippen molar-refractivity contribution in [2.45, 2.75) is 63.9 Å². The summed E-state index contributed by atoms with van der Waals surface area (Å²) in [5.41, 5.74) is -0.460. The molecule has 6 nitrogen and oxygen atoms in total. The van der Waals surface area contributed by atoms with Crippen molar-refractivity contribution in [1.29, 1.82) is 0 Å². The van der Waals surface area contributed by atoms with E-state index in [1.807, 2.05) is 37.4 Å². The predicted molar refractivity (Wildman–Crippen MR) is 118 cm³/mol. The number of carbonyl (C=O) groups is 1. The largest absolute Gasteiger partial charge is 0.444 e. The van der Waals surface area contributed by atoms with E-state index >= 15 is 0 Å². The van der Waals surface area contributed by atoms with Crippen molar-refractivity contribution in [1.82, 2.24) is 15.5 Å². The molecule has 1 fully saturated rings. The van der Waals surface area contributed by atoms with E-state index in [2.05, 4.69) is 35.7 Å². The van der Waals surface area contributed by atoms with Crippen LogP contribution in [0.5, 0.6) is 0 Å². The zero-order valence-electron chi connectivity index (χ0n) is 16.6. The number of nitrogens with one attached hydrogen (secondary N) is 2. The number of nitrogens with zero attached hydrogens (tertiary/aromatic N) is 2. The highest BCUT2D eigenvalue weighted by molar-refractivity contribution is 14.0. The second-order valence-electron chi connectivity index (χ2n) is 7.72. The van der Waals surface area contributed by atoms with Gasteiger partial charge >= 0.3 is 6.09 Å². The Bertz CT molecular complexity index is 448. The van der Waals surface area contributed by atoms with Crippen LogP contribution < -0.4 is 10.6 Å². The van der Waals surface area contributed by atoms with Crippen LogP contribution in [0.1, 0.15) is 47.5 Å². The molecule has 0 saturated heterocycles. The number of ether oxygens (including phenoxy) is 1. The molecule has 1 rings (SSSR count). The molecule has 25 heavy (non-hydrogen) atoms. The Morgan fingerprint density at radius 2 is 1.84 bits per heavy atom. The monoisotopic (exact) mass is 486 g/mol. The summed E-state index contributed by atoms with van der Waals surface area (Å²) in [5, 5.41) is 6.61. The quantitative estimate of drug-likeness (QED) is 0.329. The number of guanidine groups is 1. The lowest BCUT2D eigenvalue weighted by atomic mass is 10.2. The van der Waals surface area contributed by atoms with Gasteiger partial charge in [-0.3, -0.25) is 4.99 Å². The van der Waals surface area contributed by atoms with Crippen LogP contribution in [0.15, 0.2) is 4.99 Å². The van der Waals surface area contributed by atoms with Gasteiger partial charge in [-0.15, -0.1) is 24.0 Å². The molecule has 0 bridgehead atoms. The maximum atomic E-state index is 12.3. The van der Waals surface area contributed by atoms with Crippen molar-refractivity contribution < 1.29 is 9.53 Å². The van der Waals surface area contributed by atoms with Gasteiger partial charge in [-0.05, 0) is 53.7 Å². The number of halogens is 1. The van der Waals surface area contributed by atoms with Crippen LogP contribution in [-0.4, -0.2) is 66.3 Å². The van der Waals surface area contributed by atoms with Crippen LogP contribution in [0, 0.1) is 0 Å². The van der Waals surface area contributed by atoms with Gasteiger partial charge in [-0.2, -0.15) is 11.8 Å². The molecular weight excluding hydrogens is 451 g/mol. The average Bonchev–Trinajstić information content (AvgIpc) is 3.29. The molecule has 2 N–H and O–H groups in total. The standard InChI is InChI=1S/C17H34N4O2S.HI/c1-16(2,3)23-15(22)21(13-8-9-13)11-10-19-14(18-6)20-12-17(4,5)24-7;/h13H,8-12H2,1-7H3,(H2,18,19,20);1H. The number of hydrogen-bond acceptors (Lipinski definition) is 4. The average molecular weight is 486 g/mol. The fourth-order valence-corrected chi connectivity index (χ4v) is 2.23. The molecule has 148 valence electrons. The lowest BCUT2D eigenvalue weighted by Gasteiger charge is -2.28. The first kappa shape index (κ1) is 24.6. The van der Waals surface area contributed by atoms with E-state index in [1.54, 1.807) is 7.05 Å². The van der Waals surface area contributed by atoms with Gasteiger partial charge in [0.2, 0.25) is 0 Å². The van der Waals surface area contributed by atoms with E-state index in [-0.39, 0.29) is 34.8 Å². The lowest BCUT2D eigenvalue weighted by Crippen LogP contribution is -2.47. The first-order valence-corrected chi connectivity index (χ1v) is 9.80. The smallest absolute Gasteiger partial charge is 0.410 e. The normalized spacial score (nSPS) is 15.2. The van der Waals surface area contributed by atoms with Gasteiger partial charge in [0.25, 0.3) is 0 Å². The molecule has 1 saturated carbocycles. The molecule has 0 spiro atoms. The third kappa shape index (κ3) is 10.4. The Morgan fingerprint density at radius 3 is 2.28 bits per heavy atom. The maximum Gasteiger partial charge on any atom is 0.410 e. The first-order valence-electron chi connectivity index (χ1n) is 8.57. The number of thioether (sulfide) groups is 1. The molecular formula is C17H35IN4O2S. The highest BCUT2D eigenvalue weighted by Crippen LogP contribution is 2.28. The van der Waals surface area contributed by atoms with Crippen molar-refractivity contribution in [3.05, 3.63) is 0 Å². The summed E-state index contributed by atoms with van der Waals surface area (Å²) in [5.74, 6) is 0.761. The van der Waals surface area contributed by atoms with E-state index < -0.39 is 5.60 Å². The Labute approximate surface area is 174 Å². The van der Waals surface area contributed by atoms with Crippen LogP contribution in [0.4, 0.5) is 4.79 Å². The fourth-order valence-electron chi connectivity index (χ4n) is 2.01. The molecule has 1 amide bonds. The molecule has 0 aromatic carbocycles. The van der Waals surface area contributed by atoms with Crippen LogP contribution in [-0.2, 0) is 4.74 Å². The van der Waals surface area contributed by atoms with E-state index in [9.17, 15) is 4.79 Å². The predicted octanol–water partition coefficient (Wildman–Crippen LogP) is 3.31. The molecule has 1 aliphatic carbocycles. The SMILES string of the molecule is CN=C(NCCN(C(=O)OC(C)(C)C)C1CC1)NCC(C)(C)SC.I. The number of hydrogen-bond donors (Lipinski definition) is 2. The Kier molecular flexibility index (Phi) is 10.5.